The predicted octanol–water partition coefficient (Wildman–Crippen LogP) is 5.16. The highest BCUT2D eigenvalue weighted by molar-refractivity contribution is 6.07. The monoisotopic (exact) mass is 420 g/mol. The molecule has 1 aromatic heterocycles. The van der Waals surface area contributed by atoms with E-state index in [1.165, 1.54) is 19.1 Å². The Morgan fingerprint density at radius 1 is 0.933 bits per heavy atom. The van der Waals surface area contributed by atoms with Gasteiger partial charge in [-0.2, -0.15) is 18.3 Å². The molecule has 4 nitrogen and oxygen atoms in total. The van der Waals surface area contributed by atoms with Crippen molar-refractivity contribution in [3.8, 4) is 16.9 Å². The summed E-state index contributed by atoms with van der Waals surface area (Å²) in [6, 6.07) is 8.19. The fraction of sp³-hybridized carbons (Fsp3) is 0.0952. The number of hydrogen-bond acceptors (Lipinski definition) is 3. The van der Waals surface area contributed by atoms with Crippen LogP contribution < -0.4 is 0 Å². The Kier molecular flexibility index (Phi) is 5.64. The minimum atomic E-state index is -4.54. The highest BCUT2D eigenvalue weighted by Gasteiger charge is 2.30. The van der Waals surface area contributed by atoms with E-state index >= 15 is 0 Å². The van der Waals surface area contributed by atoms with Crippen LogP contribution in [0.1, 0.15) is 23.0 Å². The summed E-state index contributed by atoms with van der Waals surface area (Å²) >= 11 is 0. The van der Waals surface area contributed by atoms with Gasteiger partial charge in [-0.3, -0.25) is 9.59 Å². The van der Waals surface area contributed by atoms with Crippen molar-refractivity contribution in [3.63, 3.8) is 0 Å². The summed E-state index contributed by atoms with van der Waals surface area (Å²) in [6.07, 6.45) is -2.51. The second kappa shape index (κ2) is 8.02. The fourth-order valence-electron chi connectivity index (χ4n) is 2.62. The van der Waals surface area contributed by atoms with Crippen LogP contribution in [0.25, 0.3) is 16.9 Å². The van der Waals surface area contributed by atoms with Crippen molar-refractivity contribution in [3.05, 3.63) is 83.6 Å². The lowest BCUT2D eigenvalue weighted by atomic mass is 10.1. The van der Waals surface area contributed by atoms with Gasteiger partial charge < -0.3 is 0 Å². The molecule has 0 aliphatic rings. The Balaban J connectivity index is 2.12. The minimum Gasteiger partial charge on any atom is -0.295 e. The van der Waals surface area contributed by atoms with E-state index in [1.807, 2.05) is 0 Å². The largest absolute Gasteiger partial charge is 0.416 e. The van der Waals surface area contributed by atoms with Gasteiger partial charge in [0.05, 0.1) is 16.9 Å². The third-order valence-electron chi connectivity index (χ3n) is 4.09. The number of benzene rings is 2. The molecule has 0 amide bonds. The molecule has 0 spiro atoms. The summed E-state index contributed by atoms with van der Waals surface area (Å²) < 4.78 is 66.3. The first kappa shape index (κ1) is 21.1. The maximum atomic E-state index is 13.6. The van der Waals surface area contributed by atoms with Gasteiger partial charge in [-0.25, -0.2) is 13.5 Å². The number of halogens is 5. The number of nitrogens with zero attached hydrogens (tertiary/aromatic N) is 2. The van der Waals surface area contributed by atoms with E-state index in [9.17, 15) is 31.5 Å². The molecule has 9 heteroatoms. The molecule has 0 atom stereocenters. The molecule has 154 valence electrons. The topological polar surface area (TPSA) is 52.0 Å². The SMILES string of the molecule is CC(=O)/C=C\C(=O)c1cc(-c2ccc(F)c(F)c2)nn1-c1ccc(C(F)(F)F)cc1. The Morgan fingerprint density at radius 2 is 1.60 bits per heavy atom. The van der Waals surface area contributed by atoms with Crippen molar-refractivity contribution < 1.29 is 31.5 Å². The summed E-state index contributed by atoms with van der Waals surface area (Å²) in [4.78, 5) is 23.6. The first-order chi connectivity index (χ1) is 14.1. The van der Waals surface area contributed by atoms with Crippen LogP contribution in [0.15, 0.2) is 60.7 Å². The first-order valence-corrected chi connectivity index (χ1v) is 8.52. The lowest BCUT2D eigenvalue weighted by Crippen LogP contribution is -2.09. The molecule has 0 bridgehead atoms. The van der Waals surface area contributed by atoms with Gasteiger partial charge >= 0.3 is 6.18 Å². The molecule has 0 saturated heterocycles. The second-order valence-corrected chi connectivity index (χ2v) is 6.31. The van der Waals surface area contributed by atoms with E-state index < -0.39 is 29.2 Å². The number of alkyl halides is 3. The molecular weight excluding hydrogens is 407 g/mol. The fourth-order valence-corrected chi connectivity index (χ4v) is 2.62. The average molecular weight is 420 g/mol. The number of aromatic nitrogens is 2. The zero-order valence-electron chi connectivity index (χ0n) is 15.4. The number of carbonyl (C=O) groups is 2. The highest BCUT2D eigenvalue weighted by Crippen LogP contribution is 2.30. The van der Waals surface area contributed by atoms with Crippen LogP contribution in [0.3, 0.4) is 0 Å². The quantitative estimate of drug-likeness (QED) is 0.325. The number of carbonyl (C=O) groups excluding carboxylic acids is 2. The molecule has 0 radical (unpaired) electrons. The molecule has 0 aliphatic heterocycles. The third-order valence-corrected chi connectivity index (χ3v) is 4.09. The molecule has 0 saturated carbocycles. The zero-order chi connectivity index (χ0) is 22.1. The maximum absolute atomic E-state index is 13.6. The van der Waals surface area contributed by atoms with Gasteiger partial charge in [-0.05, 0) is 67.6 Å². The number of allylic oxidation sites excluding steroid dienone is 2. The van der Waals surface area contributed by atoms with Crippen molar-refractivity contribution >= 4 is 11.6 Å². The van der Waals surface area contributed by atoms with Crippen molar-refractivity contribution in [1.82, 2.24) is 9.78 Å². The zero-order valence-corrected chi connectivity index (χ0v) is 15.4. The third kappa shape index (κ3) is 4.51. The summed E-state index contributed by atoms with van der Waals surface area (Å²) in [7, 11) is 0. The van der Waals surface area contributed by atoms with Gasteiger partial charge in [0.15, 0.2) is 17.4 Å². The van der Waals surface area contributed by atoms with Gasteiger partial charge in [-0.1, -0.05) is 0 Å². The highest BCUT2D eigenvalue weighted by atomic mass is 19.4. The molecule has 30 heavy (non-hydrogen) atoms. The minimum absolute atomic E-state index is 0.0769. The molecule has 0 N–H and O–H groups in total. The van der Waals surface area contributed by atoms with Crippen molar-refractivity contribution in [2.24, 2.45) is 0 Å². The summed E-state index contributed by atoms with van der Waals surface area (Å²) in [5.41, 5.74) is -0.579. The van der Waals surface area contributed by atoms with Gasteiger partial charge in [0.1, 0.15) is 5.69 Å². The van der Waals surface area contributed by atoms with Crippen LogP contribution in [0.2, 0.25) is 0 Å². The van der Waals surface area contributed by atoms with E-state index in [0.29, 0.717) is 0 Å². The van der Waals surface area contributed by atoms with Crippen LogP contribution >= 0.6 is 0 Å². The van der Waals surface area contributed by atoms with E-state index in [2.05, 4.69) is 5.10 Å². The molecule has 3 rings (SSSR count). The van der Waals surface area contributed by atoms with Gasteiger partial charge in [0.25, 0.3) is 0 Å². The lowest BCUT2D eigenvalue weighted by Gasteiger charge is -2.09. The molecule has 0 aliphatic carbocycles. The van der Waals surface area contributed by atoms with Crippen molar-refractivity contribution in [2.75, 3.05) is 0 Å². The van der Waals surface area contributed by atoms with Gasteiger partial charge in [0.2, 0.25) is 5.78 Å². The Hall–Kier alpha value is -3.62. The lowest BCUT2D eigenvalue weighted by molar-refractivity contribution is -0.137. The number of hydrogen-bond donors (Lipinski definition) is 0. The Morgan fingerprint density at radius 3 is 2.17 bits per heavy atom. The molecule has 0 unspecified atom stereocenters. The standard InChI is InChI=1S/C21H13F5N2O2/c1-12(29)2-9-20(30)19-11-18(13-3-8-16(22)17(23)10-13)27-28(19)15-6-4-14(5-7-15)21(24,25)26/h2-11H,1H3/b9-2-. The molecule has 2 aromatic carbocycles. The summed E-state index contributed by atoms with van der Waals surface area (Å²) in [5, 5.41) is 4.17. The van der Waals surface area contributed by atoms with Crippen molar-refractivity contribution in [1.29, 1.82) is 0 Å². The average Bonchev–Trinajstić information content (AvgIpc) is 3.13. The molecule has 3 aromatic rings. The molecule has 1 heterocycles. The normalized spacial score (nSPS) is 11.8. The smallest absolute Gasteiger partial charge is 0.295 e. The maximum Gasteiger partial charge on any atom is 0.416 e. The van der Waals surface area contributed by atoms with Crippen LogP contribution in [0.5, 0.6) is 0 Å². The van der Waals surface area contributed by atoms with Crippen LogP contribution in [0, 0.1) is 11.6 Å². The molecular formula is C21H13F5N2O2. The van der Waals surface area contributed by atoms with Crippen LogP contribution in [-0.4, -0.2) is 21.3 Å². The summed E-state index contributed by atoms with van der Waals surface area (Å²) in [6.45, 7) is 1.24. The van der Waals surface area contributed by atoms with E-state index in [4.69, 9.17) is 0 Å². The van der Waals surface area contributed by atoms with Crippen LogP contribution in [0.4, 0.5) is 22.0 Å². The predicted molar refractivity (Wildman–Crippen MR) is 98.1 cm³/mol. The Labute approximate surface area is 167 Å². The molecule has 0 fully saturated rings. The first-order valence-electron chi connectivity index (χ1n) is 8.52. The van der Waals surface area contributed by atoms with E-state index in [1.54, 1.807) is 0 Å². The Bertz CT molecular complexity index is 1150. The van der Waals surface area contributed by atoms with E-state index in [0.717, 1.165) is 53.2 Å². The van der Waals surface area contributed by atoms with Crippen LogP contribution in [-0.2, 0) is 11.0 Å². The number of ketones is 2. The van der Waals surface area contributed by atoms with Gasteiger partial charge in [-0.15, -0.1) is 0 Å². The van der Waals surface area contributed by atoms with E-state index in [-0.39, 0.29) is 28.4 Å². The summed E-state index contributed by atoms with van der Waals surface area (Å²) in [5.74, 6) is -3.22. The number of rotatable bonds is 5. The second-order valence-electron chi connectivity index (χ2n) is 6.31. The van der Waals surface area contributed by atoms with Crippen molar-refractivity contribution in [2.45, 2.75) is 13.1 Å². The van der Waals surface area contributed by atoms with Gasteiger partial charge in [0, 0.05) is 5.56 Å².